The SMILES string of the molecule is COc1ccc(CNc2cc(NC(C)c3ccccc3)nc(C)n2)cc1OC. The van der Waals surface area contributed by atoms with Gasteiger partial charge in [0.05, 0.1) is 14.2 Å². The van der Waals surface area contributed by atoms with Gasteiger partial charge in [0.1, 0.15) is 17.5 Å². The normalized spacial score (nSPS) is 11.6. The Kier molecular flexibility index (Phi) is 6.32. The van der Waals surface area contributed by atoms with E-state index in [2.05, 4.69) is 39.7 Å². The molecule has 146 valence electrons. The van der Waals surface area contributed by atoms with E-state index in [1.54, 1.807) is 14.2 Å². The molecule has 0 aliphatic rings. The van der Waals surface area contributed by atoms with Crippen LogP contribution in [0.1, 0.15) is 29.9 Å². The van der Waals surface area contributed by atoms with Gasteiger partial charge in [0, 0.05) is 18.7 Å². The largest absolute Gasteiger partial charge is 0.493 e. The van der Waals surface area contributed by atoms with Gasteiger partial charge in [-0.1, -0.05) is 36.4 Å². The maximum atomic E-state index is 5.36. The first-order chi connectivity index (χ1) is 13.6. The predicted octanol–water partition coefficient (Wildman–Crippen LogP) is 4.59. The van der Waals surface area contributed by atoms with E-state index in [1.807, 2.05) is 49.4 Å². The van der Waals surface area contributed by atoms with Gasteiger partial charge in [0.15, 0.2) is 11.5 Å². The maximum absolute atomic E-state index is 5.36. The maximum Gasteiger partial charge on any atom is 0.161 e. The van der Waals surface area contributed by atoms with Gasteiger partial charge in [0.2, 0.25) is 0 Å². The first-order valence-electron chi connectivity index (χ1n) is 9.21. The molecule has 1 heterocycles. The summed E-state index contributed by atoms with van der Waals surface area (Å²) in [7, 11) is 3.26. The highest BCUT2D eigenvalue weighted by molar-refractivity contribution is 5.50. The molecule has 1 unspecified atom stereocenters. The molecule has 0 spiro atoms. The molecule has 6 nitrogen and oxygen atoms in total. The van der Waals surface area contributed by atoms with Crippen LogP contribution in [0.4, 0.5) is 11.6 Å². The molecule has 0 saturated heterocycles. The Labute approximate surface area is 166 Å². The van der Waals surface area contributed by atoms with Gasteiger partial charge in [-0.2, -0.15) is 0 Å². The summed E-state index contributed by atoms with van der Waals surface area (Å²) < 4.78 is 10.6. The molecule has 3 aromatic rings. The van der Waals surface area contributed by atoms with Crippen LogP contribution in [0.2, 0.25) is 0 Å². The van der Waals surface area contributed by atoms with Crippen molar-refractivity contribution in [3.05, 3.63) is 71.5 Å². The second kappa shape index (κ2) is 9.08. The lowest BCUT2D eigenvalue weighted by atomic mass is 10.1. The Balaban J connectivity index is 1.70. The fraction of sp³-hybridized carbons (Fsp3) is 0.273. The van der Waals surface area contributed by atoms with Crippen LogP contribution in [0, 0.1) is 6.92 Å². The number of rotatable bonds is 8. The molecule has 2 aromatic carbocycles. The number of hydrogen-bond acceptors (Lipinski definition) is 6. The number of ether oxygens (including phenoxy) is 2. The van der Waals surface area contributed by atoms with Gasteiger partial charge in [-0.25, -0.2) is 9.97 Å². The average molecular weight is 378 g/mol. The first kappa shape index (κ1) is 19.5. The second-order valence-corrected chi connectivity index (χ2v) is 6.51. The number of nitrogens with zero attached hydrogens (tertiary/aromatic N) is 2. The third-order valence-electron chi connectivity index (χ3n) is 4.42. The van der Waals surface area contributed by atoms with E-state index in [0.29, 0.717) is 23.9 Å². The van der Waals surface area contributed by atoms with Gasteiger partial charge < -0.3 is 20.1 Å². The zero-order valence-electron chi connectivity index (χ0n) is 16.7. The van der Waals surface area contributed by atoms with Crippen molar-refractivity contribution in [2.45, 2.75) is 26.4 Å². The zero-order valence-corrected chi connectivity index (χ0v) is 16.7. The second-order valence-electron chi connectivity index (χ2n) is 6.51. The lowest BCUT2D eigenvalue weighted by Crippen LogP contribution is -2.10. The van der Waals surface area contributed by atoms with Crippen molar-refractivity contribution in [2.24, 2.45) is 0 Å². The third kappa shape index (κ3) is 4.91. The molecule has 3 rings (SSSR count). The molecule has 0 amide bonds. The van der Waals surface area contributed by atoms with E-state index >= 15 is 0 Å². The fourth-order valence-corrected chi connectivity index (χ4v) is 2.96. The Hall–Kier alpha value is -3.28. The van der Waals surface area contributed by atoms with Gasteiger partial charge in [0.25, 0.3) is 0 Å². The van der Waals surface area contributed by atoms with Crippen LogP contribution in [-0.2, 0) is 6.54 Å². The van der Waals surface area contributed by atoms with Gasteiger partial charge in [-0.3, -0.25) is 0 Å². The summed E-state index contributed by atoms with van der Waals surface area (Å²) in [4.78, 5) is 8.99. The van der Waals surface area contributed by atoms with E-state index in [0.717, 1.165) is 17.2 Å². The topological polar surface area (TPSA) is 68.3 Å². The third-order valence-corrected chi connectivity index (χ3v) is 4.42. The van der Waals surface area contributed by atoms with Crippen molar-refractivity contribution in [1.29, 1.82) is 0 Å². The minimum absolute atomic E-state index is 0.147. The number of nitrogens with one attached hydrogen (secondary N) is 2. The summed E-state index contributed by atoms with van der Waals surface area (Å²) >= 11 is 0. The lowest BCUT2D eigenvalue weighted by Gasteiger charge is -2.16. The van der Waals surface area contributed by atoms with Crippen LogP contribution in [0.3, 0.4) is 0 Å². The predicted molar refractivity (Wildman–Crippen MR) is 112 cm³/mol. The number of aromatic nitrogens is 2. The summed E-state index contributed by atoms with van der Waals surface area (Å²) in [6.45, 7) is 4.62. The first-order valence-corrected chi connectivity index (χ1v) is 9.21. The van der Waals surface area contributed by atoms with E-state index in [4.69, 9.17) is 9.47 Å². The van der Waals surface area contributed by atoms with Gasteiger partial charge in [-0.15, -0.1) is 0 Å². The highest BCUT2D eigenvalue weighted by atomic mass is 16.5. The zero-order chi connectivity index (χ0) is 19.9. The minimum Gasteiger partial charge on any atom is -0.493 e. The Morgan fingerprint density at radius 1 is 0.893 bits per heavy atom. The average Bonchev–Trinajstić information content (AvgIpc) is 2.72. The molecule has 28 heavy (non-hydrogen) atoms. The van der Waals surface area contributed by atoms with Crippen molar-refractivity contribution in [1.82, 2.24) is 9.97 Å². The molecule has 0 bridgehead atoms. The molecular weight excluding hydrogens is 352 g/mol. The summed E-state index contributed by atoms with van der Waals surface area (Å²) in [5.41, 5.74) is 2.28. The summed E-state index contributed by atoms with van der Waals surface area (Å²) in [6, 6.07) is 18.2. The number of hydrogen-bond donors (Lipinski definition) is 2. The van der Waals surface area contributed by atoms with Gasteiger partial charge in [-0.05, 0) is 37.1 Å². The number of methoxy groups -OCH3 is 2. The van der Waals surface area contributed by atoms with E-state index in [9.17, 15) is 0 Å². The van der Waals surface area contributed by atoms with Crippen molar-refractivity contribution in [3.63, 3.8) is 0 Å². The molecule has 0 saturated carbocycles. The van der Waals surface area contributed by atoms with Crippen LogP contribution in [-0.4, -0.2) is 24.2 Å². The van der Waals surface area contributed by atoms with Crippen LogP contribution in [0.5, 0.6) is 11.5 Å². The Morgan fingerprint density at radius 2 is 1.61 bits per heavy atom. The standard InChI is InChI=1S/C22H26N4O2/c1-15(18-8-6-5-7-9-18)24-22-13-21(25-16(2)26-22)23-14-17-10-11-19(27-3)20(12-17)28-4/h5-13,15H,14H2,1-4H3,(H2,23,24,25,26). The molecular formula is C22H26N4O2. The van der Waals surface area contributed by atoms with E-state index in [1.165, 1.54) is 5.56 Å². The summed E-state index contributed by atoms with van der Waals surface area (Å²) in [6.07, 6.45) is 0. The van der Waals surface area contributed by atoms with E-state index in [-0.39, 0.29) is 6.04 Å². The molecule has 0 fully saturated rings. The number of aryl methyl sites for hydroxylation is 1. The van der Waals surface area contributed by atoms with Crippen LogP contribution in [0.25, 0.3) is 0 Å². The number of benzene rings is 2. The molecule has 1 atom stereocenters. The summed E-state index contributed by atoms with van der Waals surface area (Å²) in [5, 5.41) is 6.80. The highest BCUT2D eigenvalue weighted by Crippen LogP contribution is 2.28. The Bertz CT molecular complexity index is 916. The smallest absolute Gasteiger partial charge is 0.161 e. The highest BCUT2D eigenvalue weighted by Gasteiger charge is 2.09. The van der Waals surface area contributed by atoms with Crippen molar-refractivity contribution >= 4 is 11.6 Å². The fourth-order valence-electron chi connectivity index (χ4n) is 2.96. The molecule has 6 heteroatoms. The molecule has 2 N–H and O–H groups in total. The van der Waals surface area contributed by atoms with E-state index < -0.39 is 0 Å². The van der Waals surface area contributed by atoms with Crippen LogP contribution >= 0.6 is 0 Å². The minimum atomic E-state index is 0.147. The summed E-state index contributed by atoms with van der Waals surface area (Å²) in [5.74, 6) is 3.69. The Morgan fingerprint density at radius 3 is 2.32 bits per heavy atom. The molecule has 1 aromatic heterocycles. The number of anilines is 2. The molecule has 0 aliphatic carbocycles. The van der Waals surface area contributed by atoms with Crippen molar-refractivity contribution < 1.29 is 9.47 Å². The molecule has 0 aliphatic heterocycles. The van der Waals surface area contributed by atoms with Crippen LogP contribution in [0.15, 0.2) is 54.6 Å². The van der Waals surface area contributed by atoms with Crippen molar-refractivity contribution in [2.75, 3.05) is 24.9 Å². The van der Waals surface area contributed by atoms with Crippen molar-refractivity contribution in [3.8, 4) is 11.5 Å². The molecule has 0 radical (unpaired) electrons. The lowest BCUT2D eigenvalue weighted by molar-refractivity contribution is 0.354. The quantitative estimate of drug-likeness (QED) is 0.598. The van der Waals surface area contributed by atoms with Gasteiger partial charge >= 0.3 is 0 Å². The van der Waals surface area contributed by atoms with Crippen LogP contribution < -0.4 is 20.1 Å². The monoisotopic (exact) mass is 378 g/mol.